The smallest absolute Gasteiger partial charge is 0.322 e. The molecule has 2 fully saturated rings. The van der Waals surface area contributed by atoms with Crippen LogP contribution >= 0.6 is 0 Å². The summed E-state index contributed by atoms with van der Waals surface area (Å²) in [5.74, 6) is -2.25. The molecule has 1 aromatic carbocycles. The number of urea groups is 1. The van der Waals surface area contributed by atoms with Gasteiger partial charge in [-0.3, -0.25) is 19.7 Å². The molecule has 150 valence electrons. The number of hydrogen-bond donors (Lipinski definition) is 4. The first kappa shape index (κ1) is 19.9. The molecule has 1 aliphatic heterocycles. The Morgan fingerprint density at radius 2 is 1.71 bits per heavy atom. The van der Waals surface area contributed by atoms with Crippen LogP contribution in [0.1, 0.15) is 61.4 Å². The highest BCUT2D eigenvalue weighted by molar-refractivity contribution is 6.07. The Bertz CT molecular complexity index is 792. The van der Waals surface area contributed by atoms with Crippen LogP contribution in [0, 0.1) is 5.92 Å². The van der Waals surface area contributed by atoms with E-state index in [0.717, 1.165) is 25.7 Å². The van der Waals surface area contributed by atoms with Crippen LogP contribution in [-0.4, -0.2) is 35.0 Å². The van der Waals surface area contributed by atoms with E-state index in [2.05, 4.69) is 16.0 Å². The van der Waals surface area contributed by atoms with E-state index in [-0.39, 0.29) is 5.91 Å². The first-order valence-electron chi connectivity index (χ1n) is 9.59. The fraction of sp³-hybridized carbons (Fsp3) is 0.500. The third-order valence-corrected chi connectivity index (χ3v) is 5.67. The molecular formula is C20H25N3O5. The van der Waals surface area contributed by atoms with Gasteiger partial charge in [-0.15, -0.1) is 0 Å². The molecule has 0 bridgehead atoms. The summed E-state index contributed by atoms with van der Waals surface area (Å²) in [5.41, 5.74) is -0.245. The van der Waals surface area contributed by atoms with Gasteiger partial charge in [-0.05, 0) is 37.5 Å². The lowest BCUT2D eigenvalue weighted by molar-refractivity contribution is -0.143. The van der Waals surface area contributed by atoms with Crippen LogP contribution in [-0.2, 0) is 15.1 Å². The molecular weight excluding hydrogens is 362 g/mol. The molecule has 3 unspecified atom stereocenters. The molecule has 1 aliphatic carbocycles. The fourth-order valence-electron chi connectivity index (χ4n) is 3.91. The molecule has 1 aromatic rings. The average molecular weight is 387 g/mol. The second-order valence-electron chi connectivity index (χ2n) is 7.63. The van der Waals surface area contributed by atoms with Crippen molar-refractivity contribution in [2.45, 2.75) is 57.0 Å². The Balaban J connectivity index is 1.72. The normalized spacial score (nSPS) is 27.9. The lowest BCUT2D eigenvalue weighted by atomic mass is 9.86. The van der Waals surface area contributed by atoms with E-state index in [0.29, 0.717) is 24.0 Å². The number of carbonyl (C=O) groups is 4. The van der Waals surface area contributed by atoms with Crippen LogP contribution in [0.4, 0.5) is 4.79 Å². The zero-order valence-corrected chi connectivity index (χ0v) is 15.8. The Hall–Kier alpha value is -2.90. The maximum Gasteiger partial charge on any atom is 0.322 e. The number of hydrogen-bond acceptors (Lipinski definition) is 4. The number of benzene rings is 1. The van der Waals surface area contributed by atoms with Crippen LogP contribution in [0.2, 0.25) is 0 Å². The number of carboxylic acid groups (broad SMARTS) is 1. The van der Waals surface area contributed by atoms with Crippen LogP contribution in [0.3, 0.4) is 0 Å². The van der Waals surface area contributed by atoms with Crippen molar-refractivity contribution in [2.75, 3.05) is 0 Å². The van der Waals surface area contributed by atoms with E-state index in [9.17, 15) is 24.3 Å². The highest BCUT2D eigenvalue weighted by Crippen LogP contribution is 2.26. The summed E-state index contributed by atoms with van der Waals surface area (Å²) in [4.78, 5) is 47.7. The molecule has 1 heterocycles. The lowest BCUT2D eigenvalue weighted by Crippen LogP contribution is -2.44. The lowest BCUT2D eigenvalue weighted by Gasteiger charge is -2.27. The molecule has 4 amide bonds. The molecule has 2 aliphatic rings. The number of amides is 4. The molecule has 1 saturated carbocycles. The van der Waals surface area contributed by atoms with Crippen molar-refractivity contribution in [2.24, 2.45) is 5.92 Å². The van der Waals surface area contributed by atoms with Gasteiger partial charge in [0.05, 0.1) is 5.92 Å². The van der Waals surface area contributed by atoms with Gasteiger partial charge in [0.15, 0.2) is 0 Å². The third kappa shape index (κ3) is 4.00. The minimum atomic E-state index is -1.18. The van der Waals surface area contributed by atoms with Gasteiger partial charge in [-0.2, -0.15) is 0 Å². The van der Waals surface area contributed by atoms with Crippen molar-refractivity contribution in [3.63, 3.8) is 0 Å². The quantitative estimate of drug-likeness (QED) is 0.587. The predicted molar refractivity (Wildman–Crippen MR) is 101 cm³/mol. The maximum absolute atomic E-state index is 12.7. The van der Waals surface area contributed by atoms with Crippen LogP contribution < -0.4 is 16.0 Å². The van der Waals surface area contributed by atoms with E-state index in [1.807, 2.05) is 0 Å². The molecule has 3 atom stereocenters. The largest absolute Gasteiger partial charge is 0.481 e. The summed E-state index contributed by atoms with van der Waals surface area (Å²) in [6, 6.07) is 5.43. The monoisotopic (exact) mass is 387 g/mol. The Labute approximate surface area is 163 Å². The molecule has 4 N–H and O–H groups in total. The number of carboxylic acids is 1. The van der Waals surface area contributed by atoms with Crippen molar-refractivity contribution in [1.82, 2.24) is 16.0 Å². The molecule has 28 heavy (non-hydrogen) atoms. The second-order valence-corrected chi connectivity index (χ2v) is 7.63. The molecule has 0 aromatic heterocycles. The van der Waals surface area contributed by atoms with Crippen LogP contribution in [0.15, 0.2) is 24.3 Å². The van der Waals surface area contributed by atoms with Gasteiger partial charge >= 0.3 is 12.0 Å². The van der Waals surface area contributed by atoms with Crippen LogP contribution in [0.5, 0.6) is 0 Å². The number of rotatable bonds is 4. The van der Waals surface area contributed by atoms with E-state index >= 15 is 0 Å². The van der Waals surface area contributed by atoms with Crippen molar-refractivity contribution in [3.05, 3.63) is 35.4 Å². The summed E-state index contributed by atoms with van der Waals surface area (Å²) in [7, 11) is 0. The minimum absolute atomic E-state index is 0.339. The van der Waals surface area contributed by atoms with Gasteiger partial charge in [-0.1, -0.05) is 37.8 Å². The summed E-state index contributed by atoms with van der Waals surface area (Å²) in [6.07, 6.45) is 5.01. The number of imide groups is 1. The van der Waals surface area contributed by atoms with E-state index < -0.39 is 35.4 Å². The second kappa shape index (κ2) is 8.00. The van der Waals surface area contributed by atoms with Gasteiger partial charge in [0, 0.05) is 11.6 Å². The predicted octanol–water partition coefficient (Wildman–Crippen LogP) is 1.89. The SMILES string of the molecule is CC1(c2ccc(C(=O)NC3CCCCCCC3C(=O)O)cc2)NC(=O)NC1=O. The maximum atomic E-state index is 12.7. The third-order valence-electron chi connectivity index (χ3n) is 5.67. The first-order chi connectivity index (χ1) is 13.3. The highest BCUT2D eigenvalue weighted by Gasteiger charge is 2.43. The molecule has 8 nitrogen and oxygen atoms in total. The van der Waals surface area contributed by atoms with Crippen molar-refractivity contribution < 1.29 is 24.3 Å². The summed E-state index contributed by atoms with van der Waals surface area (Å²) < 4.78 is 0. The summed E-state index contributed by atoms with van der Waals surface area (Å²) >= 11 is 0. The number of carbonyl (C=O) groups excluding carboxylic acids is 3. The van der Waals surface area contributed by atoms with Gasteiger partial charge in [-0.25, -0.2) is 4.79 Å². The Morgan fingerprint density at radius 1 is 1.07 bits per heavy atom. The van der Waals surface area contributed by atoms with Crippen molar-refractivity contribution in [1.29, 1.82) is 0 Å². The van der Waals surface area contributed by atoms with E-state index in [4.69, 9.17) is 0 Å². The average Bonchev–Trinajstić information content (AvgIpc) is 2.90. The van der Waals surface area contributed by atoms with Gasteiger partial charge < -0.3 is 15.7 Å². The molecule has 0 radical (unpaired) electrons. The zero-order valence-electron chi connectivity index (χ0n) is 15.8. The van der Waals surface area contributed by atoms with Crippen molar-refractivity contribution in [3.8, 4) is 0 Å². The van der Waals surface area contributed by atoms with E-state index in [1.165, 1.54) is 0 Å². The van der Waals surface area contributed by atoms with Gasteiger partial charge in [0.1, 0.15) is 5.54 Å². The topological polar surface area (TPSA) is 125 Å². The molecule has 1 saturated heterocycles. The van der Waals surface area contributed by atoms with Crippen molar-refractivity contribution >= 4 is 23.8 Å². The fourth-order valence-corrected chi connectivity index (χ4v) is 3.91. The number of aliphatic carboxylic acids is 1. The first-order valence-corrected chi connectivity index (χ1v) is 9.59. The zero-order chi connectivity index (χ0) is 20.3. The van der Waals surface area contributed by atoms with Gasteiger partial charge in [0.25, 0.3) is 11.8 Å². The molecule has 3 rings (SSSR count). The standard InChI is InChI=1S/C20H25N3O5/c1-20(18(27)22-19(28)23-20)13-10-8-12(9-11-13)16(24)21-15-7-5-3-2-4-6-14(15)17(25)26/h8-11,14-15H,2-7H2,1H3,(H,21,24)(H,25,26)(H2,22,23,27,28). The highest BCUT2D eigenvalue weighted by atomic mass is 16.4. The Morgan fingerprint density at radius 3 is 2.29 bits per heavy atom. The molecule has 8 heteroatoms. The van der Waals surface area contributed by atoms with E-state index in [1.54, 1.807) is 31.2 Å². The Kier molecular flexibility index (Phi) is 5.67. The number of nitrogens with one attached hydrogen (secondary N) is 3. The summed E-state index contributed by atoms with van der Waals surface area (Å²) in [5, 5.41) is 17.2. The minimum Gasteiger partial charge on any atom is -0.481 e. The van der Waals surface area contributed by atoms with Gasteiger partial charge in [0.2, 0.25) is 0 Å². The summed E-state index contributed by atoms with van der Waals surface area (Å²) in [6.45, 7) is 1.59. The molecule has 0 spiro atoms. The van der Waals surface area contributed by atoms with Crippen LogP contribution in [0.25, 0.3) is 0 Å².